The summed E-state index contributed by atoms with van der Waals surface area (Å²) in [5.41, 5.74) is 12.8. The summed E-state index contributed by atoms with van der Waals surface area (Å²) in [5.74, 6) is 0. The smallest absolute Gasteiger partial charge is 0.137 e. The van der Waals surface area contributed by atoms with Crippen LogP contribution in [0, 0.1) is 6.92 Å². The Kier molecular flexibility index (Phi) is 3.76. The maximum atomic E-state index is 5.76. The quantitative estimate of drug-likeness (QED) is 0.795. The van der Waals surface area contributed by atoms with Crippen LogP contribution in [-0.4, -0.2) is 15.9 Å². The van der Waals surface area contributed by atoms with Crippen LogP contribution in [0.3, 0.4) is 0 Å². The molecular weight excluding hydrogens is 258 g/mol. The first kappa shape index (κ1) is 13.8. The molecule has 1 aromatic carbocycles. The lowest BCUT2D eigenvalue weighted by molar-refractivity contribution is 0.939. The maximum Gasteiger partial charge on any atom is 0.137 e. The van der Waals surface area contributed by atoms with Crippen LogP contribution in [0.15, 0.2) is 42.6 Å². The third kappa shape index (κ3) is 2.57. The van der Waals surface area contributed by atoms with Gasteiger partial charge in [-0.1, -0.05) is 37.3 Å². The Morgan fingerprint density at radius 3 is 2.52 bits per heavy atom. The fourth-order valence-electron chi connectivity index (χ4n) is 2.71. The van der Waals surface area contributed by atoms with E-state index in [9.17, 15) is 0 Å². The normalized spacial score (nSPS) is 11.2. The first-order valence-corrected chi connectivity index (χ1v) is 7.50. The largest absolute Gasteiger partial charge is 0.330 e. The molecule has 0 aliphatic carbocycles. The molecule has 0 spiro atoms. The number of nitrogens with zero attached hydrogens (tertiary/aromatic N) is 2. The molecule has 2 aromatic heterocycles. The van der Waals surface area contributed by atoms with Gasteiger partial charge in [-0.05, 0) is 37.1 Å². The number of pyridine rings is 1. The lowest BCUT2D eigenvalue weighted by atomic mass is 10.1. The van der Waals surface area contributed by atoms with Gasteiger partial charge in [0.2, 0.25) is 0 Å². The van der Waals surface area contributed by atoms with Crippen molar-refractivity contribution < 1.29 is 0 Å². The van der Waals surface area contributed by atoms with Crippen molar-refractivity contribution >= 4 is 5.65 Å². The molecule has 0 amide bonds. The zero-order chi connectivity index (χ0) is 14.8. The van der Waals surface area contributed by atoms with E-state index in [0.29, 0.717) is 6.54 Å². The third-order valence-electron chi connectivity index (χ3n) is 3.86. The first-order valence-electron chi connectivity index (χ1n) is 7.50. The van der Waals surface area contributed by atoms with Crippen molar-refractivity contribution in [2.75, 3.05) is 6.54 Å². The zero-order valence-electron chi connectivity index (χ0n) is 12.6. The van der Waals surface area contributed by atoms with Gasteiger partial charge < -0.3 is 5.73 Å². The van der Waals surface area contributed by atoms with Gasteiger partial charge >= 0.3 is 0 Å². The van der Waals surface area contributed by atoms with Gasteiger partial charge in [-0.15, -0.1) is 0 Å². The van der Waals surface area contributed by atoms with Crippen LogP contribution < -0.4 is 5.73 Å². The topological polar surface area (TPSA) is 43.3 Å². The fraction of sp³-hybridized carbons (Fsp3) is 0.278. The van der Waals surface area contributed by atoms with Gasteiger partial charge in [0.15, 0.2) is 0 Å². The monoisotopic (exact) mass is 279 g/mol. The first-order chi connectivity index (χ1) is 10.2. The Morgan fingerprint density at radius 2 is 1.86 bits per heavy atom. The van der Waals surface area contributed by atoms with Crippen LogP contribution in [0.5, 0.6) is 0 Å². The highest BCUT2D eigenvalue weighted by atomic mass is 15.0. The number of imidazole rings is 1. The molecule has 3 heteroatoms. The minimum atomic E-state index is 0.614. The SMILES string of the molecule is CCc1ccc(-c2c(CCN)nc3ccc(C)cn23)cc1. The van der Waals surface area contributed by atoms with Crippen LogP contribution in [0.4, 0.5) is 0 Å². The van der Waals surface area contributed by atoms with Gasteiger partial charge in [-0.25, -0.2) is 4.98 Å². The average Bonchev–Trinajstić information content (AvgIpc) is 2.85. The Hall–Kier alpha value is -2.13. The molecule has 3 rings (SSSR count). The van der Waals surface area contributed by atoms with Gasteiger partial charge in [0.25, 0.3) is 0 Å². The van der Waals surface area contributed by atoms with E-state index in [2.05, 4.69) is 60.8 Å². The molecule has 3 nitrogen and oxygen atoms in total. The van der Waals surface area contributed by atoms with Crippen molar-refractivity contribution in [3.63, 3.8) is 0 Å². The number of aryl methyl sites for hydroxylation is 2. The van der Waals surface area contributed by atoms with Crippen molar-refractivity contribution in [2.45, 2.75) is 26.7 Å². The molecule has 0 saturated heterocycles. The molecule has 2 N–H and O–H groups in total. The van der Waals surface area contributed by atoms with Crippen molar-refractivity contribution in [1.82, 2.24) is 9.38 Å². The molecule has 2 heterocycles. The molecule has 0 saturated carbocycles. The number of hydrogen-bond acceptors (Lipinski definition) is 2. The van der Waals surface area contributed by atoms with Gasteiger partial charge in [0.1, 0.15) is 5.65 Å². The second-order valence-corrected chi connectivity index (χ2v) is 5.43. The summed E-state index contributed by atoms with van der Waals surface area (Å²) in [6.45, 7) is 4.89. The van der Waals surface area contributed by atoms with Crippen LogP contribution >= 0.6 is 0 Å². The Balaban J connectivity index is 2.21. The van der Waals surface area contributed by atoms with E-state index in [1.54, 1.807) is 0 Å². The summed E-state index contributed by atoms with van der Waals surface area (Å²) in [5, 5.41) is 0. The van der Waals surface area contributed by atoms with E-state index in [1.807, 2.05) is 0 Å². The molecular formula is C18H21N3. The highest BCUT2D eigenvalue weighted by Crippen LogP contribution is 2.26. The molecule has 0 bridgehead atoms. The lowest BCUT2D eigenvalue weighted by Crippen LogP contribution is -2.04. The Bertz CT molecular complexity index is 754. The van der Waals surface area contributed by atoms with E-state index >= 15 is 0 Å². The van der Waals surface area contributed by atoms with E-state index < -0.39 is 0 Å². The summed E-state index contributed by atoms with van der Waals surface area (Å²) >= 11 is 0. The number of aromatic nitrogens is 2. The summed E-state index contributed by atoms with van der Waals surface area (Å²) in [7, 11) is 0. The number of nitrogens with two attached hydrogens (primary N) is 1. The standard InChI is InChI=1S/C18H21N3/c1-3-14-5-7-15(8-6-14)18-16(10-11-19)20-17-9-4-13(2)12-21(17)18/h4-9,12H,3,10-11,19H2,1-2H3. The molecule has 21 heavy (non-hydrogen) atoms. The predicted octanol–water partition coefficient (Wildman–Crippen LogP) is 3.37. The average molecular weight is 279 g/mol. The number of rotatable bonds is 4. The lowest BCUT2D eigenvalue weighted by Gasteiger charge is -2.07. The molecule has 0 aliphatic heterocycles. The van der Waals surface area contributed by atoms with E-state index in [-0.39, 0.29) is 0 Å². The summed E-state index contributed by atoms with van der Waals surface area (Å²) in [4.78, 5) is 4.75. The van der Waals surface area contributed by atoms with Crippen LogP contribution in [0.25, 0.3) is 16.9 Å². The number of benzene rings is 1. The molecule has 0 unspecified atom stereocenters. The van der Waals surface area contributed by atoms with Gasteiger partial charge in [0.05, 0.1) is 11.4 Å². The van der Waals surface area contributed by atoms with Crippen molar-refractivity contribution in [3.05, 3.63) is 59.4 Å². The van der Waals surface area contributed by atoms with E-state index in [0.717, 1.165) is 24.2 Å². The summed E-state index contributed by atoms with van der Waals surface area (Å²) < 4.78 is 2.18. The van der Waals surface area contributed by atoms with Crippen molar-refractivity contribution in [2.24, 2.45) is 5.73 Å². The molecule has 108 valence electrons. The van der Waals surface area contributed by atoms with Gasteiger partial charge in [0, 0.05) is 18.2 Å². The highest BCUT2D eigenvalue weighted by molar-refractivity contribution is 5.68. The molecule has 0 aliphatic rings. The van der Waals surface area contributed by atoms with Gasteiger partial charge in [-0.2, -0.15) is 0 Å². The highest BCUT2D eigenvalue weighted by Gasteiger charge is 2.13. The number of fused-ring (bicyclic) bond motifs is 1. The minimum Gasteiger partial charge on any atom is -0.330 e. The molecule has 0 fully saturated rings. The Labute approximate surface area is 125 Å². The predicted molar refractivity (Wildman–Crippen MR) is 87.5 cm³/mol. The minimum absolute atomic E-state index is 0.614. The van der Waals surface area contributed by atoms with Crippen molar-refractivity contribution in [3.8, 4) is 11.3 Å². The second-order valence-electron chi connectivity index (χ2n) is 5.43. The van der Waals surface area contributed by atoms with E-state index in [1.165, 1.54) is 22.4 Å². The van der Waals surface area contributed by atoms with E-state index in [4.69, 9.17) is 10.7 Å². The van der Waals surface area contributed by atoms with Crippen molar-refractivity contribution in [1.29, 1.82) is 0 Å². The fourth-order valence-corrected chi connectivity index (χ4v) is 2.71. The number of hydrogen-bond donors (Lipinski definition) is 1. The summed E-state index contributed by atoms with van der Waals surface area (Å²) in [6, 6.07) is 12.9. The van der Waals surface area contributed by atoms with Gasteiger partial charge in [-0.3, -0.25) is 4.40 Å². The zero-order valence-corrected chi connectivity index (χ0v) is 12.6. The molecule has 0 atom stereocenters. The third-order valence-corrected chi connectivity index (χ3v) is 3.86. The Morgan fingerprint density at radius 1 is 1.10 bits per heavy atom. The van der Waals surface area contributed by atoms with Crippen LogP contribution in [0.2, 0.25) is 0 Å². The maximum absolute atomic E-state index is 5.76. The second kappa shape index (κ2) is 5.70. The molecule has 3 aromatic rings. The van der Waals surface area contributed by atoms with Crippen LogP contribution in [0.1, 0.15) is 23.7 Å². The molecule has 0 radical (unpaired) electrons. The summed E-state index contributed by atoms with van der Waals surface area (Å²) in [6.07, 6.45) is 4.00. The van der Waals surface area contributed by atoms with Crippen LogP contribution in [-0.2, 0) is 12.8 Å².